The standard InChI is InChI=1S/C12H22N4O.ClH/c1-5-8(2)11(13)12(17)14-6-10-7-15-16(4)9(10)3;/h7-8,11H,5-6,13H2,1-4H3,(H,14,17);1H. The molecule has 6 heteroatoms. The number of hydrogen-bond donors (Lipinski definition) is 2. The number of aryl methyl sites for hydroxylation is 1. The van der Waals surface area contributed by atoms with Crippen LogP contribution in [0.3, 0.4) is 0 Å². The van der Waals surface area contributed by atoms with Crippen LogP contribution in [0.4, 0.5) is 0 Å². The predicted octanol–water partition coefficient (Wildman–Crippen LogP) is 1.14. The van der Waals surface area contributed by atoms with E-state index >= 15 is 0 Å². The van der Waals surface area contributed by atoms with E-state index in [4.69, 9.17) is 5.73 Å². The Morgan fingerprint density at radius 3 is 2.67 bits per heavy atom. The fourth-order valence-corrected chi connectivity index (χ4v) is 1.53. The molecule has 0 fully saturated rings. The van der Waals surface area contributed by atoms with E-state index in [0.29, 0.717) is 6.54 Å². The molecule has 0 bridgehead atoms. The van der Waals surface area contributed by atoms with Gasteiger partial charge in [-0.1, -0.05) is 20.3 Å². The second-order valence-electron chi connectivity index (χ2n) is 4.51. The van der Waals surface area contributed by atoms with Crippen LogP contribution in [0.2, 0.25) is 0 Å². The van der Waals surface area contributed by atoms with E-state index in [1.165, 1.54) is 0 Å². The molecule has 3 N–H and O–H groups in total. The van der Waals surface area contributed by atoms with E-state index in [1.807, 2.05) is 27.8 Å². The number of rotatable bonds is 5. The molecule has 0 spiro atoms. The first-order valence-corrected chi connectivity index (χ1v) is 5.98. The summed E-state index contributed by atoms with van der Waals surface area (Å²) < 4.78 is 1.79. The summed E-state index contributed by atoms with van der Waals surface area (Å²) in [6, 6.07) is -0.433. The zero-order valence-corrected chi connectivity index (χ0v) is 12.3. The molecule has 1 heterocycles. The molecule has 0 aliphatic rings. The summed E-state index contributed by atoms with van der Waals surface area (Å²) in [7, 11) is 1.88. The van der Waals surface area contributed by atoms with Gasteiger partial charge in [-0.2, -0.15) is 5.10 Å². The van der Waals surface area contributed by atoms with Crippen molar-refractivity contribution in [3.63, 3.8) is 0 Å². The molecule has 18 heavy (non-hydrogen) atoms. The van der Waals surface area contributed by atoms with Crippen LogP contribution in [0.15, 0.2) is 6.20 Å². The minimum Gasteiger partial charge on any atom is -0.351 e. The van der Waals surface area contributed by atoms with Crippen LogP contribution in [0.25, 0.3) is 0 Å². The second-order valence-corrected chi connectivity index (χ2v) is 4.51. The van der Waals surface area contributed by atoms with Crippen molar-refractivity contribution in [1.82, 2.24) is 15.1 Å². The van der Waals surface area contributed by atoms with Crippen molar-refractivity contribution in [1.29, 1.82) is 0 Å². The first kappa shape index (κ1) is 16.9. The lowest BCUT2D eigenvalue weighted by atomic mass is 9.99. The molecule has 104 valence electrons. The maximum atomic E-state index is 11.8. The number of nitrogens with zero attached hydrogens (tertiary/aromatic N) is 2. The molecule has 1 rings (SSSR count). The minimum atomic E-state index is -0.433. The topological polar surface area (TPSA) is 72.9 Å². The number of carbonyl (C=O) groups is 1. The van der Waals surface area contributed by atoms with Gasteiger partial charge in [0.2, 0.25) is 5.91 Å². The van der Waals surface area contributed by atoms with Crippen LogP contribution >= 0.6 is 12.4 Å². The largest absolute Gasteiger partial charge is 0.351 e. The van der Waals surface area contributed by atoms with Gasteiger partial charge in [0.05, 0.1) is 12.2 Å². The molecule has 2 unspecified atom stereocenters. The van der Waals surface area contributed by atoms with Crippen molar-refractivity contribution in [3.8, 4) is 0 Å². The summed E-state index contributed by atoms with van der Waals surface area (Å²) in [4.78, 5) is 11.8. The highest BCUT2D eigenvalue weighted by Gasteiger charge is 2.19. The first-order valence-electron chi connectivity index (χ1n) is 5.98. The number of carbonyl (C=O) groups excluding carboxylic acids is 1. The summed E-state index contributed by atoms with van der Waals surface area (Å²) in [5.74, 6) is 0.104. The van der Waals surface area contributed by atoms with Crippen molar-refractivity contribution >= 4 is 18.3 Å². The molecule has 0 saturated heterocycles. The third kappa shape index (κ3) is 3.99. The quantitative estimate of drug-likeness (QED) is 0.846. The first-order chi connectivity index (χ1) is 7.97. The lowest BCUT2D eigenvalue weighted by Gasteiger charge is -2.17. The maximum absolute atomic E-state index is 11.8. The Labute approximate surface area is 115 Å². The van der Waals surface area contributed by atoms with Crippen LogP contribution in [-0.2, 0) is 18.4 Å². The average Bonchev–Trinajstić information content (AvgIpc) is 2.65. The van der Waals surface area contributed by atoms with Gasteiger partial charge in [0.1, 0.15) is 0 Å². The molecule has 0 aliphatic carbocycles. The molecule has 0 aliphatic heterocycles. The normalized spacial score (nSPS) is 13.6. The molecule has 2 atom stereocenters. The number of amides is 1. The third-order valence-corrected chi connectivity index (χ3v) is 3.35. The zero-order chi connectivity index (χ0) is 13.0. The second kappa shape index (κ2) is 7.38. The fourth-order valence-electron chi connectivity index (χ4n) is 1.53. The summed E-state index contributed by atoms with van der Waals surface area (Å²) in [5.41, 5.74) is 7.93. The van der Waals surface area contributed by atoms with Crippen LogP contribution in [-0.4, -0.2) is 21.7 Å². The Balaban J connectivity index is 0.00000289. The van der Waals surface area contributed by atoms with E-state index < -0.39 is 6.04 Å². The summed E-state index contributed by atoms with van der Waals surface area (Å²) in [6.07, 6.45) is 2.67. The molecule has 1 amide bonds. The SMILES string of the molecule is CCC(C)C(N)C(=O)NCc1cnn(C)c1C.Cl. The van der Waals surface area contributed by atoms with Crippen molar-refractivity contribution < 1.29 is 4.79 Å². The predicted molar refractivity (Wildman–Crippen MR) is 74.5 cm³/mol. The highest BCUT2D eigenvalue weighted by Crippen LogP contribution is 2.07. The van der Waals surface area contributed by atoms with Gasteiger partial charge in [-0.15, -0.1) is 12.4 Å². The van der Waals surface area contributed by atoms with Gasteiger partial charge in [0.15, 0.2) is 0 Å². The molecule has 5 nitrogen and oxygen atoms in total. The van der Waals surface area contributed by atoms with Gasteiger partial charge in [-0.05, 0) is 12.8 Å². The Morgan fingerprint density at radius 1 is 1.61 bits per heavy atom. The van der Waals surface area contributed by atoms with Crippen molar-refractivity contribution in [2.24, 2.45) is 18.7 Å². The highest BCUT2D eigenvalue weighted by molar-refractivity contribution is 5.85. The summed E-state index contributed by atoms with van der Waals surface area (Å²) in [5, 5.41) is 6.98. The fraction of sp³-hybridized carbons (Fsp3) is 0.667. The van der Waals surface area contributed by atoms with E-state index in [-0.39, 0.29) is 24.2 Å². The highest BCUT2D eigenvalue weighted by atomic mass is 35.5. The Bertz CT molecular complexity index is 391. The number of aromatic nitrogens is 2. The molecule has 1 aromatic rings. The smallest absolute Gasteiger partial charge is 0.237 e. The van der Waals surface area contributed by atoms with Gasteiger partial charge >= 0.3 is 0 Å². The van der Waals surface area contributed by atoms with Gasteiger partial charge in [0.25, 0.3) is 0 Å². The van der Waals surface area contributed by atoms with E-state index in [0.717, 1.165) is 17.7 Å². The lowest BCUT2D eigenvalue weighted by Crippen LogP contribution is -2.44. The van der Waals surface area contributed by atoms with Gasteiger partial charge in [-0.3, -0.25) is 9.48 Å². The summed E-state index contributed by atoms with van der Waals surface area (Å²) >= 11 is 0. The average molecular weight is 275 g/mol. The number of nitrogens with two attached hydrogens (primary N) is 1. The minimum absolute atomic E-state index is 0. The Kier molecular flexibility index (Phi) is 6.94. The number of hydrogen-bond acceptors (Lipinski definition) is 3. The molecule has 1 aromatic heterocycles. The molecular formula is C12H23ClN4O. The number of halogens is 1. The Hall–Kier alpha value is -1.07. The van der Waals surface area contributed by atoms with E-state index in [1.54, 1.807) is 10.9 Å². The molecule has 0 saturated carbocycles. The van der Waals surface area contributed by atoms with Crippen LogP contribution in [0, 0.1) is 12.8 Å². The third-order valence-electron chi connectivity index (χ3n) is 3.35. The Morgan fingerprint density at radius 2 is 2.22 bits per heavy atom. The lowest BCUT2D eigenvalue weighted by molar-refractivity contribution is -0.123. The maximum Gasteiger partial charge on any atom is 0.237 e. The van der Waals surface area contributed by atoms with Crippen molar-refractivity contribution in [2.75, 3.05) is 0 Å². The van der Waals surface area contributed by atoms with Gasteiger partial charge < -0.3 is 11.1 Å². The molecule has 0 radical (unpaired) electrons. The van der Waals surface area contributed by atoms with E-state index in [9.17, 15) is 4.79 Å². The van der Waals surface area contributed by atoms with Crippen LogP contribution < -0.4 is 11.1 Å². The summed E-state index contributed by atoms with van der Waals surface area (Å²) in [6.45, 7) is 6.48. The molecule has 0 aromatic carbocycles. The van der Waals surface area contributed by atoms with E-state index in [2.05, 4.69) is 10.4 Å². The van der Waals surface area contributed by atoms with Crippen LogP contribution in [0.1, 0.15) is 31.5 Å². The van der Waals surface area contributed by atoms with Crippen molar-refractivity contribution in [2.45, 2.75) is 39.8 Å². The zero-order valence-electron chi connectivity index (χ0n) is 11.4. The van der Waals surface area contributed by atoms with Crippen molar-refractivity contribution in [3.05, 3.63) is 17.5 Å². The van der Waals surface area contributed by atoms with Gasteiger partial charge in [0, 0.05) is 24.8 Å². The number of nitrogens with one attached hydrogen (secondary N) is 1. The van der Waals surface area contributed by atoms with Gasteiger partial charge in [-0.25, -0.2) is 0 Å². The van der Waals surface area contributed by atoms with Crippen LogP contribution in [0.5, 0.6) is 0 Å². The molecular weight excluding hydrogens is 252 g/mol. The monoisotopic (exact) mass is 274 g/mol.